The predicted molar refractivity (Wildman–Crippen MR) is 71.4 cm³/mol. The SMILES string of the molecule is CC(C)CCC(=O)c1cccc(C2CCC2)c1. The van der Waals surface area contributed by atoms with Crippen molar-refractivity contribution in [3.05, 3.63) is 35.4 Å². The molecule has 0 atom stereocenters. The molecule has 0 amide bonds. The molecule has 92 valence electrons. The van der Waals surface area contributed by atoms with Gasteiger partial charge in [0.15, 0.2) is 5.78 Å². The summed E-state index contributed by atoms with van der Waals surface area (Å²) in [5.74, 6) is 1.63. The summed E-state index contributed by atoms with van der Waals surface area (Å²) in [6.07, 6.45) is 5.61. The first kappa shape index (κ1) is 12.3. The third-order valence-electron chi connectivity index (χ3n) is 3.73. The lowest BCUT2D eigenvalue weighted by atomic mass is 9.79. The van der Waals surface area contributed by atoms with E-state index < -0.39 is 0 Å². The molecular formula is C16H22O. The summed E-state index contributed by atoms with van der Waals surface area (Å²) < 4.78 is 0. The lowest BCUT2D eigenvalue weighted by molar-refractivity contribution is 0.0975. The number of carbonyl (C=O) groups excluding carboxylic acids is 1. The molecule has 1 fully saturated rings. The predicted octanol–water partition coefficient (Wildman–Crippen LogP) is 4.57. The van der Waals surface area contributed by atoms with Gasteiger partial charge in [0.25, 0.3) is 0 Å². The molecule has 0 unspecified atom stereocenters. The Morgan fingerprint density at radius 1 is 1.35 bits per heavy atom. The van der Waals surface area contributed by atoms with Gasteiger partial charge >= 0.3 is 0 Å². The van der Waals surface area contributed by atoms with Crippen LogP contribution in [0.15, 0.2) is 24.3 Å². The van der Waals surface area contributed by atoms with Crippen LogP contribution in [-0.2, 0) is 0 Å². The van der Waals surface area contributed by atoms with Gasteiger partial charge in [0, 0.05) is 12.0 Å². The third-order valence-corrected chi connectivity index (χ3v) is 3.73. The Hall–Kier alpha value is -1.11. The topological polar surface area (TPSA) is 17.1 Å². The first-order valence-corrected chi connectivity index (χ1v) is 6.80. The molecule has 1 aromatic carbocycles. The number of rotatable bonds is 5. The summed E-state index contributed by atoms with van der Waals surface area (Å²) in [4.78, 5) is 12.0. The number of benzene rings is 1. The number of carbonyl (C=O) groups is 1. The van der Waals surface area contributed by atoms with Crippen molar-refractivity contribution in [2.24, 2.45) is 5.92 Å². The molecule has 1 aliphatic rings. The Bertz CT molecular complexity index is 388. The van der Waals surface area contributed by atoms with Gasteiger partial charge in [0.2, 0.25) is 0 Å². The zero-order valence-electron chi connectivity index (χ0n) is 10.9. The molecule has 0 bridgehead atoms. The fourth-order valence-corrected chi connectivity index (χ4v) is 2.27. The summed E-state index contributed by atoms with van der Waals surface area (Å²) in [6.45, 7) is 4.33. The summed E-state index contributed by atoms with van der Waals surface area (Å²) in [5, 5.41) is 0. The van der Waals surface area contributed by atoms with Crippen LogP contribution < -0.4 is 0 Å². The third kappa shape index (κ3) is 3.18. The van der Waals surface area contributed by atoms with Gasteiger partial charge in [0.1, 0.15) is 0 Å². The van der Waals surface area contributed by atoms with Crippen LogP contribution in [0, 0.1) is 5.92 Å². The Morgan fingerprint density at radius 3 is 2.71 bits per heavy atom. The molecule has 0 aliphatic heterocycles. The zero-order chi connectivity index (χ0) is 12.3. The van der Waals surface area contributed by atoms with Crippen molar-refractivity contribution in [1.29, 1.82) is 0 Å². The molecule has 1 heteroatoms. The largest absolute Gasteiger partial charge is 0.294 e. The first-order chi connectivity index (χ1) is 8.16. The van der Waals surface area contributed by atoms with Gasteiger partial charge in [-0.2, -0.15) is 0 Å². The molecule has 1 saturated carbocycles. The molecule has 2 rings (SSSR count). The lowest BCUT2D eigenvalue weighted by Gasteiger charge is -2.26. The second kappa shape index (κ2) is 5.48. The van der Waals surface area contributed by atoms with Gasteiger partial charge in [-0.25, -0.2) is 0 Å². The van der Waals surface area contributed by atoms with Crippen molar-refractivity contribution in [1.82, 2.24) is 0 Å². The molecule has 1 aromatic rings. The standard InChI is InChI=1S/C16H22O/c1-12(2)9-10-16(17)15-8-4-7-14(11-15)13-5-3-6-13/h4,7-8,11-13H,3,5-6,9-10H2,1-2H3. The highest BCUT2D eigenvalue weighted by Gasteiger charge is 2.20. The minimum absolute atomic E-state index is 0.305. The molecule has 1 nitrogen and oxygen atoms in total. The summed E-state index contributed by atoms with van der Waals surface area (Å²) in [6, 6.07) is 8.29. The lowest BCUT2D eigenvalue weighted by Crippen LogP contribution is -2.10. The van der Waals surface area contributed by atoms with E-state index in [0.717, 1.165) is 12.0 Å². The maximum Gasteiger partial charge on any atom is 0.162 e. The van der Waals surface area contributed by atoms with Gasteiger partial charge in [0.05, 0.1) is 0 Å². The maximum absolute atomic E-state index is 12.0. The second-order valence-corrected chi connectivity index (χ2v) is 5.61. The maximum atomic E-state index is 12.0. The van der Waals surface area contributed by atoms with Crippen molar-refractivity contribution in [2.45, 2.75) is 51.9 Å². The van der Waals surface area contributed by atoms with E-state index in [-0.39, 0.29) is 0 Å². The molecule has 1 aliphatic carbocycles. The molecule has 17 heavy (non-hydrogen) atoms. The average molecular weight is 230 g/mol. The summed E-state index contributed by atoms with van der Waals surface area (Å²) in [5.41, 5.74) is 2.28. The molecule has 0 aromatic heterocycles. The summed E-state index contributed by atoms with van der Waals surface area (Å²) in [7, 11) is 0. The van der Waals surface area contributed by atoms with Crippen LogP contribution in [0.3, 0.4) is 0 Å². The summed E-state index contributed by atoms with van der Waals surface area (Å²) >= 11 is 0. The zero-order valence-corrected chi connectivity index (χ0v) is 10.9. The van der Waals surface area contributed by atoms with E-state index in [4.69, 9.17) is 0 Å². The van der Waals surface area contributed by atoms with E-state index in [1.165, 1.54) is 24.8 Å². The van der Waals surface area contributed by atoms with E-state index in [0.29, 0.717) is 24.0 Å². The number of hydrogen-bond donors (Lipinski definition) is 0. The van der Waals surface area contributed by atoms with Crippen LogP contribution in [0.2, 0.25) is 0 Å². The molecule has 0 radical (unpaired) electrons. The molecule has 0 N–H and O–H groups in total. The van der Waals surface area contributed by atoms with Crippen molar-refractivity contribution in [3.63, 3.8) is 0 Å². The van der Waals surface area contributed by atoms with Gasteiger partial charge in [-0.05, 0) is 42.7 Å². The Kier molecular flexibility index (Phi) is 3.98. The highest BCUT2D eigenvalue weighted by Crippen LogP contribution is 2.36. The number of Topliss-reactive ketones (excluding diaryl/α,β-unsaturated/α-hetero) is 1. The Labute approximate surface area is 104 Å². The van der Waals surface area contributed by atoms with Gasteiger partial charge in [-0.1, -0.05) is 38.5 Å². The van der Waals surface area contributed by atoms with E-state index >= 15 is 0 Å². The highest BCUT2D eigenvalue weighted by atomic mass is 16.1. The van der Waals surface area contributed by atoms with Crippen LogP contribution in [0.1, 0.15) is 67.8 Å². The van der Waals surface area contributed by atoms with Crippen molar-refractivity contribution in [3.8, 4) is 0 Å². The minimum atomic E-state index is 0.305. The van der Waals surface area contributed by atoms with Gasteiger partial charge in [-0.3, -0.25) is 4.79 Å². The van der Waals surface area contributed by atoms with Crippen LogP contribution in [0.5, 0.6) is 0 Å². The van der Waals surface area contributed by atoms with Crippen molar-refractivity contribution < 1.29 is 4.79 Å². The van der Waals surface area contributed by atoms with E-state index in [1.807, 2.05) is 12.1 Å². The van der Waals surface area contributed by atoms with E-state index in [1.54, 1.807) is 0 Å². The smallest absolute Gasteiger partial charge is 0.162 e. The average Bonchev–Trinajstić information content (AvgIpc) is 2.24. The fourth-order valence-electron chi connectivity index (χ4n) is 2.27. The van der Waals surface area contributed by atoms with E-state index in [2.05, 4.69) is 26.0 Å². The van der Waals surface area contributed by atoms with Crippen molar-refractivity contribution >= 4 is 5.78 Å². The Balaban J connectivity index is 2.02. The normalized spacial score (nSPS) is 15.9. The quantitative estimate of drug-likeness (QED) is 0.677. The van der Waals surface area contributed by atoms with Crippen LogP contribution in [0.25, 0.3) is 0 Å². The van der Waals surface area contributed by atoms with Gasteiger partial charge in [-0.15, -0.1) is 0 Å². The van der Waals surface area contributed by atoms with Crippen LogP contribution >= 0.6 is 0 Å². The highest BCUT2D eigenvalue weighted by molar-refractivity contribution is 5.96. The van der Waals surface area contributed by atoms with E-state index in [9.17, 15) is 4.79 Å². The minimum Gasteiger partial charge on any atom is -0.294 e. The fraction of sp³-hybridized carbons (Fsp3) is 0.562. The van der Waals surface area contributed by atoms with Gasteiger partial charge < -0.3 is 0 Å². The monoisotopic (exact) mass is 230 g/mol. The molecular weight excluding hydrogens is 208 g/mol. The first-order valence-electron chi connectivity index (χ1n) is 6.80. The number of ketones is 1. The molecule has 0 heterocycles. The van der Waals surface area contributed by atoms with Crippen LogP contribution in [0.4, 0.5) is 0 Å². The van der Waals surface area contributed by atoms with Crippen molar-refractivity contribution in [2.75, 3.05) is 0 Å². The number of hydrogen-bond acceptors (Lipinski definition) is 1. The van der Waals surface area contributed by atoms with Crippen LogP contribution in [-0.4, -0.2) is 5.78 Å². The molecule has 0 spiro atoms. The second-order valence-electron chi connectivity index (χ2n) is 5.61. The Morgan fingerprint density at radius 2 is 2.12 bits per heavy atom. The molecule has 0 saturated heterocycles.